The number of phenols is 1. The Balaban J connectivity index is 2.68. The van der Waals surface area contributed by atoms with Gasteiger partial charge in [0.05, 0.1) is 7.11 Å². The molecule has 3 N–H and O–H groups in total. The lowest BCUT2D eigenvalue weighted by molar-refractivity contribution is -0.131. The first-order valence-corrected chi connectivity index (χ1v) is 7.00. The number of ether oxygens (including phenoxy) is 1. The fraction of sp³-hybridized carbons (Fsp3) is 0.562. The molecule has 0 aliphatic heterocycles. The Morgan fingerprint density at radius 3 is 2.57 bits per heavy atom. The van der Waals surface area contributed by atoms with Crippen molar-refractivity contribution in [2.24, 2.45) is 11.1 Å². The minimum absolute atomic E-state index is 0.00414. The van der Waals surface area contributed by atoms with Crippen LogP contribution in [0.15, 0.2) is 18.2 Å². The van der Waals surface area contributed by atoms with Crippen molar-refractivity contribution in [3.05, 3.63) is 23.8 Å². The Morgan fingerprint density at radius 2 is 2.05 bits per heavy atom. The van der Waals surface area contributed by atoms with Gasteiger partial charge in [0.25, 0.3) is 0 Å². The first-order valence-electron chi connectivity index (χ1n) is 7.00. The summed E-state index contributed by atoms with van der Waals surface area (Å²) in [6, 6.07) is 4.88. The second kappa shape index (κ2) is 6.80. The van der Waals surface area contributed by atoms with Crippen LogP contribution in [0.2, 0.25) is 0 Å². The predicted octanol–water partition coefficient (Wildman–Crippen LogP) is 2.12. The normalized spacial score (nSPS) is 12.9. The van der Waals surface area contributed by atoms with Gasteiger partial charge in [0.2, 0.25) is 5.91 Å². The largest absolute Gasteiger partial charge is 0.504 e. The molecule has 0 bridgehead atoms. The molecule has 0 saturated heterocycles. The van der Waals surface area contributed by atoms with Crippen LogP contribution in [-0.4, -0.2) is 36.1 Å². The van der Waals surface area contributed by atoms with Crippen LogP contribution in [0.5, 0.6) is 11.5 Å². The first kappa shape index (κ1) is 17.3. The van der Waals surface area contributed by atoms with Gasteiger partial charge in [-0.1, -0.05) is 26.8 Å². The molecule has 1 unspecified atom stereocenters. The highest BCUT2D eigenvalue weighted by molar-refractivity contribution is 5.76. The zero-order valence-corrected chi connectivity index (χ0v) is 13.5. The van der Waals surface area contributed by atoms with E-state index >= 15 is 0 Å². The summed E-state index contributed by atoms with van der Waals surface area (Å²) >= 11 is 0. The summed E-state index contributed by atoms with van der Waals surface area (Å²) in [7, 11) is 3.24. The molecule has 0 spiro atoms. The van der Waals surface area contributed by atoms with E-state index in [1.807, 2.05) is 20.8 Å². The van der Waals surface area contributed by atoms with Crippen molar-refractivity contribution in [1.82, 2.24) is 4.90 Å². The third-order valence-corrected chi connectivity index (χ3v) is 3.60. The Kier molecular flexibility index (Phi) is 5.61. The van der Waals surface area contributed by atoms with Crippen LogP contribution in [0, 0.1) is 5.41 Å². The molecule has 0 fully saturated rings. The lowest BCUT2D eigenvalue weighted by Gasteiger charge is -2.28. The zero-order valence-electron chi connectivity index (χ0n) is 13.5. The maximum Gasteiger partial charge on any atom is 0.224 e. The summed E-state index contributed by atoms with van der Waals surface area (Å²) in [5.74, 6) is 0.495. The third-order valence-electron chi connectivity index (χ3n) is 3.60. The minimum atomic E-state index is -0.179. The number of nitrogens with two attached hydrogens (primary N) is 1. The van der Waals surface area contributed by atoms with Crippen LogP contribution in [0.25, 0.3) is 0 Å². The summed E-state index contributed by atoms with van der Waals surface area (Å²) in [6.45, 7) is 6.52. The van der Waals surface area contributed by atoms with Crippen molar-refractivity contribution in [2.75, 3.05) is 14.2 Å². The number of methoxy groups -OCH3 is 1. The van der Waals surface area contributed by atoms with Gasteiger partial charge in [-0.25, -0.2) is 0 Å². The van der Waals surface area contributed by atoms with Crippen molar-refractivity contribution in [3.8, 4) is 11.5 Å². The van der Waals surface area contributed by atoms with E-state index in [2.05, 4.69) is 0 Å². The van der Waals surface area contributed by atoms with Gasteiger partial charge >= 0.3 is 0 Å². The molecule has 118 valence electrons. The summed E-state index contributed by atoms with van der Waals surface area (Å²) in [6.07, 6.45) is 0.315. The van der Waals surface area contributed by atoms with E-state index in [1.54, 1.807) is 30.1 Å². The van der Waals surface area contributed by atoms with Crippen molar-refractivity contribution in [2.45, 2.75) is 39.8 Å². The van der Waals surface area contributed by atoms with Gasteiger partial charge in [-0.05, 0) is 23.1 Å². The topological polar surface area (TPSA) is 75.8 Å². The van der Waals surface area contributed by atoms with Gasteiger partial charge in [0.1, 0.15) is 0 Å². The first-order chi connectivity index (χ1) is 9.65. The summed E-state index contributed by atoms with van der Waals surface area (Å²) in [4.78, 5) is 13.8. The smallest absolute Gasteiger partial charge is 0.224 e. The number of hydrogen-bond acceptors (Lipinski definition) is 4. The van der Waals surface area contributed by atoms with E-state index in [0.717, 1.165) is 5.56 Å². The van der Waals surface area contributed by atoms with Crippen LogP contribution >= 0.6 is 0 Å². The maximum absolute atomic E-state index is 12.2. The molecule has 0 heterocycles. The number of benzene rings is 1. The standard InChI is InChI=1S/C16H26N2O3/c1-16(2,3)14(17)9-15(20)18(4)10-11-6-7-12(19)13(8-11)21-5/h6-8,14,19H,9-10,17H2,1-5H3. The molecule has 21 heavy (non-hydrogen) atoms. The molecule has 5 heteroatoms. The molecule has 0 radical (unpaired) electrons. The zero-order chi connectivity index (χ0) is 16.2. The van der Waals surface area contributed by atoms with Crippen LogP contribution in [0.4, 0.5) is 0 Å². The van der Waals surface area contributed by atoms with Gasteiger partial charge in [0, 0.05) is 26.1 Å². The number of rotatable bonds is 5. The number of carbonyl (C=O) groups excluding carboxylic acids is 1. The minimum Gasteiger partial charge on any atom is -0.504 e. The number of hydrogen-bond donors (Lipinski definition) is 2. The summed E-state index contributed by atoms with van der Waals surface area (Å²) < 4.78 is 5.06. The highest BCUT2D eigenvalue weighted by atomic mass is 16.5. The average molecular weight is 294 g/mol. The molecule has 1 aromatic carbocycles. The van der Waals surface area contributed by atoms with Crippen LogP contribution < -0.4 is 10.5 Å². The van der Waals surface area contributed by atoms with Gasteiger partial charge < -0.3 is 20.5 Å². The fourth-order valence-corrected chi connectivity index (χ4v) is 1.83. The Morgan fingerprint density at radius 1 is 1.43 bits per heavy atom. The molecule has 5 nitrogen and oxygen atoms in total. The maximum atomic E-state index is 12.2. The lowest BCUT2D eigenvalue weighted by atomic mass is 9.85. The summed E-state index contributed by atoms with van der Waals surface area (Å²) in [5, 5.41) is 9.56. The lowest BCUT2D eigenvalue weighted by Crippen LogP contribution is -2.40. The highest BCUT2D eigenvalue weighted by Gasteiger charge is 2.24. The Labute approximate surface area is 126 Å². The van der Waals surface area contributed by atoms with E-state index in [9.17, 15) is 9.90 Å². The molecule has 1 aromatic rings. The third kappa shape index (κ3) is 4.93. The van der Waals surface area contributed by atoms with Crippen molar-refractivity contribution in [3.63, 3.8) is 0 Å². The summed E-state index contributed by atoms with van der Waals surface area (Å²) in [5.41, 5.74) is 6.84. The van der Waals surface area contributed by atoms with Crippen molar-refractivity contribution < 1.29 is 14.6 Å². The SMILES string of the molecule is COc1cc(CN(C)C(=O)CC(N)C(C)(C)C)ccc1O. The van der Waals surface area contributed by atoms with Gasteiger partial charge in [-0.2, -0.15) is 0 Å². The van der Waals surface area contributed by atoms with Crippen LogP contribution in [0.1, 0.15) is 32.8 Å². The second-order valence-electron chi connectivity index (χ2n) is 6.43. The number of nitrogens with zero attached hydrogens (tertiary/aromatic N) is 1. The van der Waals surface area contributed by atoms with Gasteiger partial charge in [-0.3, -0.25) is 4.79 Å². The Hall–Kier alpha value is -1.75. The quantitative estimate of drug-likeness (QED) is 0.872. The Bertz CT molecular complexity index is 495. The molecule has 0 aromatic heterocycles. The average Bonchev–Trinajstić information content (AvgIpc) is 2.39. The molecular formula is C16H26N2O3. The molecule has 1 rings (SSSR count). The molecule has 0 aliphatic carbocycles. The molecular weight excluding hydrogens is 268 g/mol. The van der Waals surface area contributed by atoms with Crippen molar-refractivity contribution >= 4 is 5.91 Å². The van der Waals surface area contributed by atoms with Gasteiger partial charge in [0.15, 0.2) is 11.5 Å². The van der Waals surface area contributed by atoms with E-state index < -0.39 is 0 Å². The second-order valence-corrected chi connectivity index (χ2v) is 6.43. The molecule has 1 atom stereocenters. The van der Waals surface area contributed by atoms with Crippen LogP contribution in [-0.2, 0) is 11.3 Å². The van der Waals surface area contributed by atoms with E-state index in [0.29, 0.717) is 18.7 Å². The monoisotopic (exact) mass is 294 g/mol. The number of aromatic hydroxyl groups is 1. The van der Waals surface area contributed by atoms with Gasteiger partial charge in [-0.15, -0.1) is 0 Å². The predicted molar refractivity (Wildman–Crippen MR) is 83.2 cm³/mol. The van der Waals surface area contributed by atoms with E-state index in [4.69, 9.17) is 10.5 Å². The number of amides is 1. The highest BCUT2D eigenvalue weighted by Crippen LogP contribution is 2.27. The van der Waals surface area contributed by atoms with E-state index in [1.165, 1.54) is 7.11 Å². The molecule has 1 amide bonds. The van der Waals surface area contributed by atoms with Crippen LogP contribution in [0.3, 0.4) is 0 Å². The number of carbonyl (C=O) groups is 1. The molecule has 0 aliphatic rings. The fourth-order valence-electron chi connectivity index (χ4n) is 1.83. The number of phenolic OH excluding ortho intramolecular Hbond substituents is 1. The molecule has 0 saturated carbocycles. The van der Waals surface area contributed by atoms with E-state index in [-0.39, 0.29) is 23.1 Å². The van der Waals surface area contributed by atoms with Crippen molar-refractivity contribution in [1.29, 1.82) is 0 Å².